The predicted molar refractivity (Wildman–Crippen MR) is 78.0 cm³/mol. The second-order valence-corrected chi connectivity index (χ2v) is 5.26. The molecule has 3 heterocycles. The lowest BCUT2D eigenvalue weighted by atomic mass is 10.2. The molecule has 3 atom stereocenters. The molecule has 1 saturated heterocycles. The zero-order chi connectivity index (χ0) is 15.7. The Morgan fingerprint density at radius 1 is 1.45 bits per heavy atom. The first-order valence-electron chi connectivity index (χ1n) is 7.41. The van der Waals surface area contributed by atoms with E-state index < -0.39 is 12.4 Å². The van der Waals surface area contributed by atoms with Gasteiger partial charge < -0.3 is 10.1 Å². The highest BCUT2D eigenvalue weighted by Crippen LogP contribution is 2.34. The van der Waals surface area contributed by atoms with Crippen LogP contribution in [-0.2, 0) is 9.53 Å². The summed E-state index contributed by atoms with van der Waals surface area (Å²) in [6.45, 7) is 3.71. The number of ether oxygens (including phenoxy) is 1. The van der Waals surface area contributed by atoms with Crippen LogP contribution in [-0.4, -0.2) is 37.7 Å². The van der Waals surface area contributed by atoms with E-state index in [0.29, 0.717) is 29.8 Å². The first kappa shape index (κ1) is 14.8. The second-order valence-electron chi connectivity index (χ2n) is 5.26. The van der Waals surface area contributed by atoms with Crippen LogP contribution in [0.1, 0.15) is 39.3 Å². The molecule has 1 amide bonds. The van der Waals surface area contributed by atoms with Crippen molar-refractivity contribution in [1.82, 2.24) is 19.5 Å². The van der Waals surface area contributed by atoms with E-state index in [4.69, 9.17) is 4.74 Å². The quantitative estimate of drug-likeness (QED) is 0.936. The third kappa shape index (κ3) is 2.54. The number of carbonyl (C=O) groups is 1. The molecule has 22 heavy (non-hydrogen) atoms. The molecule has 118 valence electrons. The van der Waals surface area contributed by atoms with E-state index in [-0.39, 0.29) is 12.0 Å². The monoisotopic (exact) mass is 307 g/mol. The minimum atomic E-state index is -1.11. The van der Waals surface area contributed by atoms with Crippen LogP contribution in [0.5, 0.6) is 0 Å². The first-order valence-corrected chi connectivity index (χ1v) is 7.41. The fraction of sp³-hybridized carbons (Fsp3) is 0.571. The Hall–Kier alpha value is -2.09. The molecule has 0 spiro atoms. The normalized spacial score (nSPS) is 24.8. The number of halogens is 1. The van der Waals surface area contributed by atoms with Crippen molar-refractivity contribution in [3.05, 3.63) is 12.7 Å². The van der Waals surface area contributed by atoms with Crippen LogP contribution >= 0.6 is 0 Å². The summed E-state index contributed by atoms with van der Waals surface area (Å²) in [7, 11) is 0. The van der Waals surface area contributed by atoms with E-state index in [1.807, 2.05) is 6.92 Å². The molecule has 0 aliphatic carbocycles. The smallest absolute Gasteiger partial charge is 0.225 e. The number of alkyl halides is 1. The van der Waals surface area contributed by atoms with Crippen molar-refractivity contribution in [1.29, 1.82) is 0 Å². The zero-order valence-corrected chi connectivity index (χ0v) is 12.5. The van der Waals surface area contributed by atoms with Gasteiger partial charge in [0.05, 0.1) is 12.4 Å². The van der Waals surface area contributed by atoms with Gasteiger partial charge in [0.2, 0.25) is 5.91 Å². The average molecular weight is 307 g/mol. The van der Waals surface area contributed by atoms with Crippen LogP contribution < -0.4 is 5.32 Å². The third-order valence-electron chi connectivity index (χ3n) is 3.80. The van der Waals surface area contributed by atoms with Gasteiger partial charge in [0.1, 0.15) is 12.5 Å². The van der Waals surface area contributed by atoms with Gasteiger partial charge in [-0.2, -0.15) is 0 Å². The lowest BCUT2D eigenvalue weighted by Gasteiger charge is -2.15. The highest BCUT2D eigenvalue weighted by Gasteiger charge is 2.36. The number of nitrogens with zero attached hydrogens (tertiary/aromatic N) is 4. The molecule has 0 unspecified atom stereocenters. The Balaban J connectivity index is 1.96. The van der Waals surface area contributed by atoms with E-state index in [1.165, 1.54) is 12.7 Å². The Kier molecular flexibility index (Phi) is 4.02. The number of hydrogen-bond acceptors (Lipinski definition) is 5. The molecular weight excluding hydrogens is 289 g/mol. The molecule has 0 saturated carbocycles. The summed E-state index contributed by atoms with van der Waals surface area (Å²) >= 11 is 0. The van der Waals surface area contributed by atoms with Gasteiger partial charge in [0.15, 0.2) is 23.2 Å². The number of imidazole rings is 1. The van der Waals surface area contributed by atoms with E-state index in [1.54, 1.807) is 11.5 Å². The molecule has 7 nitrogen and oxygen atoms in total. The van der Waals surface area contributed by atoms with Crippen molar-refractivity contribution >= 4 is 22.9 Å². The number of aromatic nitrogens is 4. The first-order chi connectivity index (χ1) is 10.6. The van der Waals surface area contributed by atoms with Gasteiger partial charge in [-0.15, -0.1) is 0 Å². The van der Waals surface area contributed by atoms with Gasteiger partial charge in [-0.05, 0) is 6.42 Å². The van der Waals surface area contributed by atoms with E-state index >= 15 is 0 Å². The van der Waals surface area contributed by atoms with Crippen LogP contribution in [0.3, 0.4) is 0 Å². The van der Waals surface area contributed by atoms with Gasteiger partial charge in [-0.25, -0.2) is 19.3 Å². The molecule has 3 rings (SSSR count). The Labute approximate surface area is 126 Å². The van der Waals surface area contributed by atoms with Crippen molar-refractivity contribution in [2.45, 2.75) is 51.6 Å². The van der Waals surface area contributed by atoms with Crippen LogP contribution in [0, 0.1) is 0 Å². The summed E-state index contributed by atoms with van der Waals surface area (Å²) in [5.41, 5.74) is 0.880. The van der Waals surface area contributed by atoms with Crippen LogP contribution in [0.2, 0.25) is 0 Å². The maximum Gasteiger partial charge on any atom is 0.225 e. The Morgan fingerprint density at radius 2 is 2.27 bits per heavy atom. The van der Waals surface area contributed by atoms with Gasteiger partial charge in [0, 0.05) is 12.8 Å². The lowest BCUT2D eigenvalue weighted by molar-refractivity contribution is -0.115. The number of rotatable bonds is 4. The van der Waals surface area contributed by atoms with Crippen molar-refractivity contribution in [2.24, 2.45) is 0 Å². The summed E-state index contributed by atoms with van der Waals surface area (Å²) < 4.78 is 21.5. The third-order valence-corrected chi connectivity index (χ3v) is 3.80. The predicted octanol–water partition coefficient (Wildman–Crippen LogP) is 2.21. The van der Waals surface area contributed by atoms with Gasteiger partial charge >= 0.3 is 0 Å². The summed E-state index contributed by atoms with van der Waals surface area (Å²) in [6.07, 6.45) is 2.33. The molecule has 1 fully saturated rings. The molecule has 2 aromatic rings. The Bertz CT molecular complexity index is 689. The fourth-order valence-corrected chi connectivity index (χ4v) is 2.56. The van der Waals surface area contributed by atoms with E-state index in [2.05, 4.69) is 20.3 Å². The molecule has 1 aliphatic heterocycles. The van der Waals surface area contributed by atoms with Crippen LogP contribution in [0.4, 0.5) is 10.2 Å². The summed E-state index contributed by atoms with van der Waals surface area (Å²) in [6, 6.07) is 0. The Morgan fingerprint density at radius 3 is 2.95 bits per heavy atom. The molecule has 1 aliphatic rings. The van der Waals surface area contributed by atoms with Gasteiger partial charge in [0.25, 0.3) is 0 Å². The van der Waals surface area contributed by atoms with Crippen LogP contribution in [0.25, 0.3) is 11.2 Å². The minimum Gasteiger partial charge on any atom is -0.351 e. The SMILES string of the molecule is CCC(=O)Nc1ncnc2c1ncn2[C@@H]1O[C@H](CC)C[C@@H]1F. The zero-order valence-electron chi connectivity index (χ0n) is 12.5. The molecule has 0 radical (unpaired) electrons. The number of nitrogens with one attached hydrogen (secondary N) is 1. The van der Waals surface area contributed by atoms with Crippen molar-refractivity contribution in [2.75, 3.05) is 5.32 Å². The van der Waals surface area contributed by atoms with Crippen molar-refractivity contribution in [3.8, 4) is 0 Å². The van der Waals surface area contributed by atoms with Gasteiger partial charge in [-0.3, -0.25) is 9.36 Å². The molecule has 2 aromatic heterocycles. The topological polar surface area (TPSA) is 81.9 Å². The van der Waals surface area contributed by atoms with E-state index in [9.17, 15) is 9.18 Å². The fourth-order valence-electron chi connectivity index (χ4n) is 2.56. The number of fused-ring (bicyclic) bond motifs is 1. The number of anilines is 1. The molecule has 0 aromatic carbocycles. The second kappa shape index (κ2) is 5.96. The molecule has 0 bridgehead atoms. The van der Waals surface area contributed by atoms with Crippen molar-refractivity contribution < 1.29 is 13.9 Å². The highest BCUT2D eigenvalue weighted by molar-refractivity contribution is 5.96. The van der Waals surface area contributed by atoms with Gasteiger partial charge in [-0.1, -0.05) is 13.8 Å². The summed E-state index contributed by atoms with van der Waals surface area (Å²) in [4.78, 5) is 23.9. The molecule has 1 N–H and O–H groups in total. The maximum atomic E-state index is 14.2. The highest BCUT2D eigenvalue weighted by atomic mass is 19.1. The minimum absolute atomic E-state index is 0.0986. The van der Waals surface area contributed by atoms with Crippen molar-refractivity contribution in [3.63, 3.8) is 0 Å². The average Bonchev–Trinajstić information content (AvgIpc) is 3.10. The largest absolute Gasteiger partial charge is 0.351 e. The lowest BCUT2D eigenvalue weighted by Crippen LogP contribution is -2.16. The molecular formula is C14H18FN5O2. The summed E-state index contributed by atoms with van der Waals surface area (Å²) in [5.74, 6) is 0.164. The number of carbonyl (C=O) groups excluding carboxylic acids is 1. The number of amides is 1. The standard InChI is InChI=1S/C14H18FN5O2/c1-3-8-5-9(15)14(22-8)20-7-18-11-12(19-10(21)4-2)16-6-17-13(11)20/h6-9,14H,3-5H2,1-2H3,(H,16,17,19,21)/t8-,9+,14-/m1/s1. The van der Waals surface area contributed by atoms with E-state index in [0.717, 1.165) is 6.42 Å². The summed E-state index contributed by atoms with van der Waals surface area (Å²) in [5, 5.41) is 2.67. The molecule has 8 heteroatoms. The number of hydrogen-bond donors (Lipinski definition) is 1. The van der Waals surface area contributed by atoms with Crippen LogP contribution in [0.15, 0.2) is 12.7 Å². The maximum absolute atomic E-state index is 14.2.